The van der Waals surface area contributed by atoms with Crippen LogP contribution in [-0.2, 0) is 4.79 Å². The molecule has 1 amide bonds. The van der Waals surface area contributed by atoms with E-state index in [9.17, 15) is 9.59 Å². The molecule has 0 unspecified atom stereocenters. The number of hydrazone groups is 1. The van der Waals surface area contributed by atoms with Crippen molar-refractivity contribution in [2.24, 2.45) is 5.10 Å². The lowest BCUT2D eigenvalue weighted by Gasteiger charge is -2.09. The average molecular weight is 588 g/mol. The number of carbonyl (C=O) groups excluding carboxylic acids is 2. The second-order valence-electron chi connectivity index (χ2n) is 9.52. The first-order valence-corrected chi connectivity index (χ1v) is 14.9. The molecular formula is C31H43BrN2O4. The van der Waals surface area contributed by atoms with Crippen LogP contribution in [0.1, 0.15) is 113 Å². The van der Waals surface area contributed by atoms with Crippen LogP contribution < -0.4 is 14.9 Å². The molecular weight excluding hydrogens is 544 g/mol. The van der Waals surface area contributed by atoms with E-state index in [-0.39, 0.29) is 5.91 Å². The van der Waals surface area contributed by atoms with Crippen LogP contribution in [0.5, 0.6) is 11.5 Å². The maximum absolute atomic E-state index is 12.7. The summed E-state index contributed by atoms with van der Waals surface area (Å²) >= 11 is 3.43. The molecule has 2 aromatic rings. The van der Waals surface area contributed by atoms with Crippen LogP contribution in [0.2, 0.25) is 0 Å². The molecule has 0 saturated carbocycles. The number of ether oxygens (including phenoxy) is 2. The number of rotatable bonds is 19. The van der Waals surface area contributed by atoms with Crippen molar-refractivity contribution in [2.75, 3.05) is 6.61 Å². The molecule has 0 aliphatic carbocycles. The molecule has 0 atom stereocenters. The quantitative estimate of drug-likeness (QED) is 0.0587. The largest absolute Gasteiger partial charge is 0.494 e. The monoisotopic (exact) mass is 586 g/mol. The third-order valence-corrected chi connectivity index (χ3v) is 6.63. The number of unbranched alkanes of at least 4 members (excludes halogenated alkanes) is 10. The molecule has 0 bridgehead atoms. The molecule has 2 aromatic carbocycles. The first kappa shape index (κ1) is 31.5. The lowest BCUT2D eigenvalue weighted by Crippen LogP contribution is -2.17. The van der Waals surface area contributed by atoms with Crippen molar-refractivity contribution < 1.29 is 19.1 Å². The second kappa shape index (κ2) is 19.4. The van der Waals surface area contributed by atoms with Crippen molar-refractivity contribution >= 4 is 34.0 Å². The van der Waals surface area contributed by atoms with Crippen molar-refractivity contribution in [1.82, 2.24) is 5.43 Å². The predicted molar refractivity (Wildman–Crippen MR) is 158 cm³/mol. The van der Waals surface area contributed by atoms with Gasteiger partial charge in [-0.1, -0.05) is 94.0 Å². The number of halogens is 1. The summed E-state index contributed by atoms with van der Waals surface area (Å²) in [6.45, 7) is 4.91. The van der Waals surface area contributed by atoms with Crippen molar-refractivity contribution in [3.05, 3.63) is 58.1 Å². The van der Waals surface area contributed by atoms with Crippen LogP contribution in [-0.4, -0.2) is 24.7 Å². The zero-order valence-electron chi connectivity index (χ0n) is 23.0. The van der Waals surface area contributed by atoms with Crippen LogP contribution in [0.3, 0.4) is 0 Å². The maximum Gasteiger partial charge on any atom is 0.343 e. The molecule has 2 rings (SSSR count). The number of amides is 1. The molecule has 0 aromatic heterocycles. The minimum atomic E-state index is -0.482. The van der Waals surface area contributed by atoms with Gasteiger partial charge in [-0.25, -0.2) is 10.2 Å². The second-order valence-corrected chi connectivity index (χ2v) is 10.4. The van der Waals surface area contributed by atoms with E-state index >= 15 is 0 Å². The third-order valence-electron chi connectivity index (χ3n) is 6.14. The minimum absolute atomic E-state index is 0.115. The number of hydrogen-bond donors (Lipinski definition) is 1. The maximum atomic E-state index is 12.7. The lowest BCUT2D eigenvalue weighted by molar-refractivity contribution is -0.121. The van der Waals surface area contributed by atoms with Crippen LogP contribution in [0, 0.1) is 0 Å². The average Bonchev–Trinajstić information content (AvgIpc) is 2.92. The summed E-state index contributed by atoms with van der Waals surface area (Å²) < 4.78 is 12.0. The fourth-order valence-corrected chi connectivity index (χ4v) is 4.34. The number of nitrogens with zero attached hydrogens (tertiary/aromatic N) is 1. The fourth-order valence-electron chi connectivity index (χ4n) is 3.96. The van der Waals surface area contributed by atoms with E-state index in [0.29, 0.717) is 35.7 Å². The van der Waals surface area contributed by atoms with E-state index in [1.54, 1.807) is 42.5 Å². The number of esters is 1. The molecule has 0 spiro atoms. The van der Waals surface area contributed by atoms with Crippen LogP contribution >= 0.6 is 15.9 Å². The molecule has 0 radical (unpaired) electrons. The first-order chi connectivity index (χ1) is 18.5. The molecule has 6 nitrogen and oxygen atoms in total. The number of nitrogens with one attached hydrogen (secondary N) is 1. The van der Waals surface area contributed by atoms with E-state index in [1.807, 2.05) is 6.92 Å². The van der Waals surface area contributed by atoms with Gasteiger partial charge in [-0.15, -0.1) is 0 Å². The smallest absolute Gasteiger partial charge is 0.343 e. The van der Waals surface area contributed by atoms with Gasteiger partial charge in [0.05, 0.1) is 18.4 Å². The third kappa shape index (κ3) is 13.2. The van der Waals surface area contributed by atoms with Gasteiger partial charge < -0.3 is 9.47 Å². The van der Waals surface area contributed by atoms with Crippen LogP contribution in [0.25, 0.3) is 0 Å². The van der Waals surface area contributed by atoms with Gasteiger partial charge in [-0.05, 0) is 55.3 Å². The molecule has 0 fully saturated rings. The lowest BCUT2D eigenvalue weighted by atomic mass is 10.1. The Morgan fingerprint density at radius 3 is 2.11 bits per heavy atom. The minimum Gasteiger partial charge on any atom is -0.494 e. The summed E-state index contributed by atoms with van der Waals surface area (Å²) in [6.07, 6.45) is 16.5. The van der Waals surface area contributed by atoms with Crippen LogP contribution in [0.15, 0.2) is 52.0 Å². The Bertz CT molecular complexity index is 992. The van der Waals surface area contributed by atoms with Gasteiger partial charge in [-0.3, -0.25) is 4.79 Å². The highest BCUT2D eigenvalue weighted by Gasteiger charge is 2.12. The highest BCUT2D eigenvalue weighted by atomic mass is 79.9. The summed E-state index contributed by atoms with van der Waals surface area (Å²) in [5.41, 5.74) is 3.57. The van der Waals surface area contributed by atoms with Crippen molar-refractivity contribution in [3.8, 4) is 11.5 Å². The normalized spacial score (nSPS) is 11.0. The van der Waals surface area contributed by atoms with E-state index in [4.69, 9.17) is 9.47 Å². The van der Waals surface area contributed by atoms with Gasteiger partial charge in [0.1, 0.15) is 11.5 Å². The Balaban J connectivity index is 1.73. The summed E-state index contributed by atoms with van der Waals surface area (Å²) in [4.78, 5) is 24.8. The molecule has 0 saturated heterocycles. The van der Waals surface area contributed by atoms with E-state index in [1.165, 1.54) is 64.0 Å². The van der Waals surface area contributed by atoms with Gasteiger partial charge >= 0.3 is 5.97 Å². The Morgan fingerprint density at radius 1 is 0.842 bits per heavy atom. The Kier molecular flexibility index (Phi) is 16.1. The van der Waals surface area contributed by atoms with E-state index < -0.39 is 5.97 Å². The van der Waals surface area contributed by atoms with Gasteiger partial charge in [0.2, 0.25) is 5.91 Å². The summed E-state index contributed by atoms with van der Waals surface area (Å²) in [5, 5.41) is 4.08. The molecule has 7 heteroatoms. The summed E-state index contributed by atoms with van der Waals surface area (Å²) in [6, 6.07) is 12.1. The molecule has 0 aliphatic heterocycles. The number of benzene rings is 2. The number of carbonyl (C=O) groups is 2. The van der Waals surface area contributed by atoms with Gasteiger partial charge in [0.15, 0.2) is 0 Å². The zero-order valence-corrected chi connectivity index (χ0v) is 24.6. The summed E-state index contributed by atoms with van der Waals surface area (Å²) in [7, 11) is 0. The molecule has 0 aliphatic rings. The predicted octanol–water partition coefficient (Wildman–Crippen LogP) is 8.61. The van der Waals surface area contributed by atoms with E-state index in [0.717, 1.165) is 23.7 Å². The Labute approximate surface area is 236 Å². The zero-order chi connectivity index (χ0) is 27.4. The van der Waals surface area contributed by atoms with Gasteiger partial charge in [0.25, 0.3) is 0 Å². The Morgan fingerprint density at radius 2 is 1.47 bits per heavy atom. The van der Waals surface area contributed by atoms with Crippen molar-refractivity contribution in [3.63, 3.8) is 0 Å². The van der Waals surface area contributed by atoms with Gasteiger partial charge in [0, 0.05) is 16.5 Å². The highest BCUT2D eigenvalue weighted by molar-refractivity contribution is 9.10. The van der Waals surface area contributed by atoms with Crippen LogP contribution in [0.4, 0.5) is 0 Å². The Hall–Kier alpha value is -2.67. The molecule has 0 heterocycles. The summed E-state index contributed by atoms with van der Waals surface area (Å²) in [5.74, 6) is 0.470. The standard InChI is InChI=1S/C31H43BrN2O4/c1-3-5-6-7-8-9-10-11-12-13-14-15-30(35)34-33-24-26-23-27(32)18-21-29(26)38-31(36)25-16-19-28(20-17-25)37-22-4-2/h16-21,23-24H,3-15,22H2,1-2H3,(H,34,35)/b33-24+. The molecule has 38 heavy (non-hydrogen) atoms. The van der Waals surface area contributed by atoms with Crippen molar-refractivity contribution in [1.29, 1.82) is 0 Å². The molecule has 1 N–H and O–H groups in total. The first-order valence-electron chi connectivity index (χ1n) is 14.1. The highest BCUT2D eigenvalue weighted by Crippen LogP contribution is 2.23. The van der Waals surface area contributed by atoms with Crippen molar-refractivity contribution in [2.45, 2.75) is 97.3 Å². The topological polar surface area (TPSA) is 77.0 Å². The number of hydrogen-bond acceptors (Lipinski definition) is 5. The van der Waals surface area contributed by atoms with Gasteiger partial charge in [-0.2, -0.15) is 5.10 Å². The SMILES string of the molecule is CCCCCCCCCCCCCC(=O)N/N=C/c1cc(Br)ccc1OC(=O)c1ccc(OCCC)cc1. The molecule has 208 valence electrons. The van der Waals surface area contributed by atoms with E-state index in [2.05, 4.69) is 33.4 Å². The fraction of sp³-hybridized carbons (Fsp3) is 0.516.